The van der Waals surface area contributed by atoms with Gasteiger partial charge >= 0.3 is 68.2 Å². The summed E-state index contributed by atoms with van der Waals surface area (Å²) in [4.78, 5) is 32.2. The van der Waals surface area contributed by atoms with Gasteiger partial charge in [0.25, 0.3) is 8.56 Å². The van der Waals surface area contributed by atoms with Crippen LogP contribution in [0.25, 0.3) is 0 Å². The summed E-state index contributed by atoms with van der Waals surface area (Å²) in [5, 5.41) is 0. The van der Waals surface area contributed by atoms with Crippen LogP contribution in [0.4, 0.5) is 0 Å². The molecule has 0 aromatic carbocycles. The molecule has 126 valence electrons. The van der Waals surface area contributed by atoms with Crippen molar-refractivity contribution in [2.45, 2.75) is 13.1 Å². The molecule has 0 aromatic rings. The Balaban J connectivity index is -0.00000000741. The van der Waals surface area contributed by atoms with Gasteiger partial charge in [0.05, 0.1) is 0 Å². The van der Waals surface area contributed by atoms with Crippen molar-refractivity contribution in [1.29, 1.82) is 0 Å². The molecule has 19 heteroatoms. The first kappa shape index (κ1) is 75.2. The Morgan fingerprint density at radius 2 is 0.762 bits per heavy atom. The topological polar surface area (TPSA) is 317 Å². The van der Waals surface area contributed by atoms with Gasteiger partial charge in [0.1, 0.15) is 0 Å². The Labute approximate surface area is 185 Å². The Kier molecular flexibility index (Phi) is 138. The van der Waals surface area contributed by atoms with Gasteiger partial charge in [-0.1, -0.05) is 0 Å². The van der Waals surface area contributed by atoms with Gasteiger partial charge in [-0.25, -0.2) is 0 Å². The van der Waals surface area contributed by atoms with Crippen molar-refractivity contribution in [2.75, 3.05) is 0 Å². The average molecular weight is 410 g/mol. The molecule has 0 aromatic heterocycles. The summed E-state index contributed by atoms with van der Waals surface area (Å²) in [7, 11) is -6.34. The fraction of sp³-hybridized carbons (Fsp3) is 1.00. The molecule has 6 radical (unpaired) electrons. The van der Waals surface area contributed by atoms with E-state index in [4.69, 9.17) is 19.2 Å². The van der Waals surface area contributed by atoms with Crippen molar-refractivity contribution < 1.29 is 124 Å². The summed E-state index contributed by atoms with van der Waals surface area (Å²) in [6.07, 6.45) is 0. The van der Waals surface area contributed by atoms with Crippen molar-refractivity contribution >= 4 is 50.9 Å². The van der Waals surface area contributed by atoms with Crippen LogP contribution in [0.15, 0.2) is 0 Å². The second kappa shape index (κ2) is 38.5. The van der Waals surface area contributed by atoms with E-state index >= 15 is 0 Å². The van der Waals surface area contributed by atoms with Gasteiger partial charge in [0.2, 0.25) is 0 Å². The van der Waals surface area contributed by atoms with Crippen molar-refractivity contribution in [3.05, 3.63) is 0 Å². The molecule has 0 aliphatic rings. The third-order valence-corrected chi connectivity index (χ3v) is 4.02. The second-order valence-corrected chi connectivity index (χ2v) is 8.18. The van der Waals surface area contributed by atoms with Gasteiger partial charge < -0.3 is 97.7 Å². The number of hydrogen-bond donors (Lipinski definition) is 4. The quantitative estimate of drug-likeness (QED) is 0.320. The molecule has 0 saturated heterocycles. The van der Waals surface area contributed by atoms with Gasteiger partial charge in [0, 0.05) is 0 Å². The molecule has 13 nitrogen and oxygen atoms in total. The van der Waals surface area contributed by atoms with E-state index < -0.39 is 17.6 Å². The van der Waals surface area contributed by atoms with E-state index in [2.05, 4.69) is 6.96 Å². The first-order chi connectivity index (χ1) is 5.12. The van der Waals surface area contributed by atoms with Crippen molar-refractivity contribution in [2.24, 2.45) is 0 Å². The van der Waals surface area contributed by atoms with Crippen LogP contribution >= 0.6 is 0 Å². The first-order valence-electron chi connectivity index (χ1n) is 2.77. The molecule has 0 unspecified atom stereocenters. The minimum Gasteiger partial charge on any atom is -2.00 e. The third-order valence-electron chi connectivity index (χ3n) is 0.447. The predicted octanol–water partition coefficient (Wildman–Crippen LogP) is -13.8. The summed E-state index contributed by atoms with van der Waals surface area (Å²) in [5.41, 5.74) is 0. The first-order valence-corrected chi connectivity index (χ1v) is 8.32. The molecule has 0 aliphatic heterocycles. The van der Waals surface area contributed by atoms with Crippen molar-refractivity contribution in [3.63, 3.8) is 0 Å². The van der Waals surface area contributed by atoms with Crippen LogP contribution in [0.2, 0.25) is 13.1 Å². The van der Waals surface area contributed by atoms with E-state index in [-0.39, 0.29) is 97.4 Å². The number of rotatable bonds is 2. The van der Waals surface area contributed by atoms with E-state index in [9.17, 15) is 0 Å². The van der Waals surface area contributed by atoms with E-state index in [1.54, 1.807) is 13.1 Å². The third kappa shape index (κ3) is 125. The van der Waals surface area contributed by atoms with E-state index in [1.165, 1.54) is 16.6 Å². The Morgan fingerprint density at radius 3 is 0.762 bits per heavy atom. The fourth-order valence-corrected chi connectivity index (χ4v) is 0. The summed E-state index contributed by atoms with van der Waals surface area (Å²) in [6, 6.07) is 0. The van der Waals surface area contributed by atoms with E-state index in [0.29, 0.717) is 0 Å². The van der Waals surface area contributed by atoms with Crippen molar-refractivity contribution in [3.8, 4) is 0 Å². The monoisotopic (exact) mass is 410 g/mol. The smallest absolute Gasteiger partial charge is 1.00 e. The maximum Gasteiger partial charge on any atom is 1.00 e. The fourth-order valence-electron chi connectivity index (χ4n) is 0. The molecule has 0 atom stereocenters. The maximum atomic E-state index is 8.72. The molecule has 0 aliphatic carbocycles. The maximum absolute atomic E-state index is 8.72. The standard InChI is InChI=1S/C2H7O2Si.2Al.2Na.H3O4Si.6H2O.O/c1-5(2,3)4;;;;;1-5(2,3)4;;;;;;;/h3H,1-2H3;;;;;1-3H;6*1H2;/q-1;;;2*+1;-1;;;;;;;-2. The molecule has 0 heterocycles. The van der Waals surface area contributed by atoms with Crippen LogP contribution in [-0.4, -0.2) is 103 Å². The summed E-state index contributed by atoms with van der Waals surface area (Å²) < 4.78 is 8.21. The number of hydrogen-bond acceptors (Lipinski definition) is 6. The predicted molar refractivity (Wildman–Crippen MR) is 68.2 cm³/mol. The van der Waals surface area contributed by atoms with Crippen LogP contribution < -0.4 is 59.1 Å². The molecule has 0 saturated carbocycles. The molecule has 16 N–H and O–H groups in total. The largest absolute Gasteiger partial charge is 2.00 e. The van der Waals surface area contributed by atoms with Crippen LogP contribution in [0.1, 0.15) is 0 Å². The molecule has 0 bridgehead atoms. The zero-order valence-electron chi connectivity index (χ0n) is 12.2. The summed E-state index contributed by atoms with van der Waals surface area (Å²) in [6.45, 7) is 3.39. The Morgan fingerprint density at radius 1 is 0.667 bits per heavy atom. The average Bonchev–Trinajstić information content (AvgIpc) is 1.86. The molecule has 0 amide bonds. The molecule has 0 rings (SSSR count). The van der Waals surface area contributed by atoms with Gasteiger partial charge in [-0.05, 0) is 13.1 Å². The molecule has 0 fully saturated rings. The Hall–Kier alpha value is 2.98. The summed E-state index contributed by atoms with van der Waals surface area (Å²) in [5.74, 6) is 0. The minimum atomic E-state index is -4.17. The van der Waals surface area contributed by atoms with Gasteiger partial charge in [0.15, 0.2) is 0 Å². The minimum absolute atomic E-state index is 0. The SMILES string of the molecule is C[Si](C)(O)[O][Al-].O.O.O.O.O.O.O[Si](O)(O)[O][Al-].[Na+].[Na+].[O-2]. The van der Waals surface area contributed by atoms with Crippen LogP contribution in [0, 0.1) is 0 Å². The normalized spacial score (nSPS) is 6.86. The Bertz CT molecular complexity index is 110. The molecule has 21 heavy (non-hydrogen) atoms. The molecule has 0 spiro atoms. The van der Waals surface area contributed by atoms with Crippen molar-refractivity contribution in [1.82, 2.24) is 0 Å². The molecular weight excluding hydrogens is 388 g/mol. The zero-order valence-corrected chi connectivity index (χ0v) is 20.5. The van der Waals surface area contributed by atoms with Crippen LogP contribution in [0.3, 0.4) is 0 Å². The van der Waals surface area contributed by atoms with Crippen LogP contribution in [-0.2, 0) is 12.4 Å². The van der Waals surface area contributed by atoms with Gasteiger partial charge in [-0.15, -0.1) is 0 Å². The van der Waals surface area contributed by atoms with Crippen LogP contribution in [0.5, 0.6) is 0 Å². The summed E-state index contributed by atoms with van der Waals surface area (Å²) >= 11 is 3.57. The van der Waals surface area contributed by atoms with Gasteiger partial charge in [-0.2, -0.15) is 0 Å². The van der Waals surface area contributed by atoms with E-state index in [1.807, 2.05) is 16.6 Å². The zero-order chi connectivity index (χ0) is 10.4. The second-order valence-electron chi connectivity index (χ2n) is 2.26. The van der Waals surface area contributed by atoms with E-state index in [0.717, 1.165) is 0 Å². The molecular formula is C2H22Al2Na2O13Si2-2. The van der Waals surface area contributed by atoms with Gasteiger partial charge in [-0.3, -0.25) is 0 Å².